The Balaban J connectivity index is 2.20. The van der Waals surface area contributed by atoms with Gasteiger partial charge in [-0.05, 0) is 31.0 Å². The number of benzene rings is 1. The maximum Gasteiger partial charge on any atom is 0.256 e. The van der Waals surface area contributed by atoms with E-state index >= 15 is 0 Å². The smallest absolute Gasteiger partial charge is 0.256 e. The predicted octanol–water partition coefficient (Wildman–Crippen LogP) is 1.99. The summed E-state index contributed by atoms with van der Waals surface area (Å²) in [4.78, 5) is 14.1. The molecule has 0 aromatic heterocycles. The third kappa shape index (κ3) is 2.70. The fourth-order valence-electron chi connectivity index (χ4n) is 2.17. The Morgan fingerprint density at radius 2 is 1.82 bits per heavy atom. The first-order valence-electron chi connectivity index (χ1n) is 6.06. The third-order valence-electron chi connectivity index (χ3n) is 3.16. The van der Waals surface area contributed by atoms with Crippen LogP contribution in [0, 0.1) is 0 Å². The fraction of sp³-hybridized carbons (Fsp3) is 0.462. The first-order chi connectivity index (χ1) is 8.18. The van der Waals surface area contributed by atoms with Crippen molar-refractivity contribution in [2.24, 2.45) is 0 Å². The van der Waals surface area contributed by atoms with Gasteiger partial charge in [-0.3, -0.25) is 4.79 Å². The van der Waals surface area contributed by atoms with Crippen molar-refractivity contribution in [3.05, 3.63) is 23.8 Å². The minimum atomic E-state index is -0.0692. The average molecular weight is 234 g/mol. The van der Waals surface area contributed by atoms with Gasteiger partial charge in [0.25, 0.3) is 5.91 Å². The molecule has 0 aliphatic carbocycles. The minimum Gasteiger partial charge on any atom is -0.508 e. The van der Waals surface area contributed by atoms with Crippen LogP contribution in [-0.2, 0) is 0 Å². The monoisotopic (exact) mass is 234 g/mol. The van der Waals surface area contributed by atoms with Crippen molar-refractivity contribution in [2.75, 3.05) is 18.8 Å². The second-order valence-electron chi connectivity index (χ2n) is 4.48. The van der Waals surface area contributed by atoms with Crippen molar-refractivity contribution in [1.82, 2.24) is 4.90 Å². The van der Waals surface area contributed by atoms with Crippen LogP contribution in [-0.4, -0.2) is 29.0 Å². The van der Waals surface area contributed by atoms with Gasteiger partial charge in [0.1, 0.15) is 5.75 Å². The van der Waals surface area contributed by atoms with Gasteiger partial charge in [-0.25, -0.2) is 0 Å². The van der Waals surface area contributed by atoms with Crippen LogP contribution in [0.15, 0.2) is 18.2 Å². The summed E-state index contributed by atoms with van der Waals surface area (Å²) in [5.41, 5.74) is 6.61. The van der Waals surface area contributed by atoms with Crippen LogP contribution in [0.1, 0.15) is 36.0 Å². The van der Waals surface area contributed by atoms with Gasteiger partial charge >= 0.3 is 0 Å². The van der Waals surface area contributed by atoms with E-state index < -0.39 is 0 Å². The number of carbonyl (C=O) groups is 1. The van der Waals surface area contributed by atoms with E-state index in [1.54, 1.807) is 6.07 Å². The lowest BCUT2D eigenvalue weighted by molar-refractivity contribution is 0.0762. The summed E-state index contributed by atoms with van der Waals surface area (Å²) in [6, 6.07) is 4.51. The number of carbonyl (C=O) groups excluding carboxylic acids is 1. The molecule has 1 aromatic carbocycles. The van der Waals surface area contributed by atoms with Gasteiger partial charge in [-0.2, -0.15) is 0 Å². The van der Waals surface area contributed by atoms with E-state index in [-0.39, 0.29) is 11.7 Å². The number of rotatable bonds is 1. The van der Waals surface area contributed by atoms with Crippen molar-refractivity contribution in [2.45, 2.75) is 25.7 Å². The van der Waals surface area contributed by atoms with Gasteiger partial charge in [-0.15, -0.1) is 0 Å². The van der Waals surface area contributed by atoms with E-state index in [0.29, 0.717) is 11.3 Å². The molecule has 1 fully saturated rings. The summed E-state index contributed by atoms with van der Waals surface area (Å²) in [6.07, 6.45) is 4.45. The van der Waals surface area contributed by atoms with Gasteiger partial charge < -0.3 is 15.7 Å². The molecule has 0 bridgehead atoms. The molecule has 1 heterocycles. The van der Waals surface area contributed by atoms with Gasteiger partial charge in [-0.1, -0.05) is 12.8 Å². The molecular weight excluding hydrogens is 216 g/mol. The molecule has 0 radical (unpaired) electrons. The second kappa shape index (κ2) is 5.08. The van der Waals surface area contributed by atoms with Crippen molar-refractivity contribution < 1.29 is 9.90 Å². The zero-order chi connectivity index (χ0) is 12.3. The Hall–Kier alpha value is -1.71. The zero-order valence-corrected chi connectivity index (χ0v) is 9.85. The van der Waals surface area contributed by atoms with Crippen molar-refractivity contribution in [3.8, 4) is 5.75 Å². The van der Waals surface area contributed by atoms with Crippen molar-refractivity contribution >= 4 is 11.6 Å². The van der Waals surface area contributed by atoms with Crippen molar-refractivity contribution in [3.63, 3.8) is 0 Å². The molecule has 0 unspecified atom stereocenters. The topological polar surface area (TPSA) is 66.6 Å². The number of aromatic hydroxyl groups is 1. The Morgan fingerprint density at radius 1 is 1.18 bits per heavy atom. The Morgan fingerprint density at radius 3 is 2.47 bits per heavy atom. The molecule has 1 saturated heterocycles. The number of hydrogen-bond acceptors (Lipinski definition) is 3. The molecule has 3 N–H and O–H groups in total. The summed E-state index contributed by atoms with van der Waals surface area (Å²) in [5, 5.41) is 9.41. The van der Waals surface area contributed by atoms with Gasteiger partial charge in [0.2, 0.25) is 0 Å². The SMILES string of the molecule is Nc1ccc(O)cc1C(=O)N1CCCCCC1. The molecule has 0 saturated carbocycles. The molecule has 1 aliphatic rings. The van der Waals surface area contributed by atoms with Crippen LogP contribution in [0.3, 0.4) is 0 Å². The molecule has 1 amide bonds. The van der Waals surface area contributed by atoms with Crippen LogP contribution in [0.2, 0.25) is 0 Å². The molecule has 4 heteroatoms. The fourth-order valence-corrected chi connectivity index (χ4v) is 2.17. The normalized spacial score (nSPS) is 16.6. The van der Waals surface area contributed by atoms with Gasteiger partial charge in [0.15, 0.2) is 0 Å². The predicted molar refractivity (Wildman–Crippen MR) is 66.9 cm³/mol. The van der Waals surface area contributed by atoms with Crippen LogP contribution in [0.4, 0.5) is 5.69 Å². The van der Waals surface area contributed by atoms with Crippen LogP contribution in [0.25, 0.3) is 0 Å². The number of phenols is 1. The molecule has 2 rings (SSSR count). The molecular formula is C13H18N2O2. The number of nitrogens with two attached hydrogens (primary N) is 1. The summed E-state index contributed by atoms with van der Waals surface area (Å²) in [6.45, 7) is 1.57. The maximum atomic E-state index is 12.3. The average Bonchev–Trinajstić information content (AvgIpc) is 2.60. The second-order valence-corrected chi connectivity index (χ2v) is 4.48. The Labute approximate surface area is 101 Å². The lowest BCUT2D eigenvalue weighted by Gasteiger charge is -2.21. The van der Waals surface area contributed by atoms with Crippen LogP contribution >= 0.6 is 0 Å². The number of nitrogen functional groups attached to an aromatic ring is 1. The van der Waals surface area contributed by atoms with Gasteiger partial charge in [0.05, 0.1) is 5.56 Å². The number of nitrogens with zero attached hydrogens (tertiary/aromatic N) is 1. The van der Waals surface area contributed by atoms with E-state index in [2.05, 4.69) is 0 Å². The maximum absolute atomic E-state index is 12.3. The Kier molecular flexibility index (Phi) is 3.52. The first kappa shape index (κ1) is 11.8. The molecule has 0 spiro atoms. The standard InChI is InChI=1S/C13H18N2O2/c14-12-6-5-10(16)9-11(12)13(17)15-7-3-1-2-4-8-15/h5-6,9,16H,1-4,7-8,14H2. The number of hydrogen-bond donors (Lipinski definition) is 2. The molecule has 4 nitrogen and oxygen atoms in total. The zero-order valence-electron chi connectivity index (χ0n) is 9.85. The largest absolute Gasteiger partial charge is 0.508 e. The number of anilines is 1. The third-order valence-corrected chi connectivity index (χ3v) is 3.16. The summed E-state index contributed by atoms with van der Waals surface area (Å²) < 4.78 is 0. The van der Waals surface area contributed by atoms with E-state index in [0.717, 1.165) is 25.9 Å². The quantitative estimate of drug-likeness (QED) is 0.577. The molecule has 92 valence electrons. The number of likely N-dealkylation sites (tertiary alicyclic amines) is 1. The lowest BCUT2D eigenvalue weighted by atomic mass is 10.1. The number of phenolic OH excluding ortho intramolecular Hbond substituents is 1. The van der Waals surface area contributed by atoms with E-state index in [1.165, 1.54) is 25.0 Å². The molecule has 1 aliphatic heterocycles. The van der Waals surface area contributed by atoms with E-state index in [4.69, 9.17) is 5.73 Å². The van der Waals surface area contributed by atoms with Crippen molar-refractivity contribution in [1.29, 1.82) is 0 Å². The lowest BCUT2D eigenvalue weighted by Crippen LogP contribution is -2.32. The highest BCUT2D eigenvalue weighted by molar-refractivity contribution is 5.99. The highest BCUT2D eigenvalue weighted by atomic mass is 16.3. The highest BCUT2D eigenvalue weighted by Gasteiger charge is 2.19. The Bertz CT molecular complexity index is 410. The van der Waals surface area contributed by atoms with Crippen LogP contribution in [0.5, 0.6) is 5.75 Å². The van der Waals surface area contributed by atoms with Gasteiger partial charge in [0, 0.05) is 18.8 Å². The van der Waals surface area contributed by atoms with E-state index in [9.17, 15) is 9.90 Å². The molecule has 1 aromatic rings. The highest BCUT2D eigenvalue weighted by Crippen LogP contribution is 2.21. The first-order valence-corrected chi connectivity index (χ1v) is 6.06. The minimum absolute atomic E-state index is 0.0692. The van der Waals surface area contributed by atoms with E-state index in [1.807, 2.05) is 4.90 Å². The summed E-state index contributed by atoms with van der Waals surface area (Å²) in [7, 11) is 0. The molecule has 17 heavy (non-hydrogen) atoms. The summed E-state index contributed by atoms with van der Waals surface area (Å²) in [5.74, 6) is 0.0117. The van der Waals surface area contributed by atoms with Crippen LogP contribution < -0.4 is 5.73 Å². The number of amides is 1. The molecule has 0 atom stereocenters. The summed E-state index contributed by atoms with van der Waals surface area (Å²) >= 11 is 0.